The van der Waals surface area contributed by atoms with E-state index in [0.29, 0.717) is 11.8 Å². The number of rotatable bonds is 5. The maximum absolute atomic E-state index is 12.4. The number of carbonyl (C=O) groups is 1. The number of hydrogen-bond acceptors (Lipinski definition) is 5. The van der Waals surface area contributed by atoms with Crippen LogP contribution in [0.2, 0.25) is 0 Å². The summed E-state index contributed by atoms with van der Waals surface area (Å²) in [6.45, 7) is 1.94. The molecule has 0 unspecified atom stereocenters. The van der Waals surface area contributed by atoms with Crippen LogP contribution in [0, 0.1) is 38.0 Å². The molecule has 3 rings (SSSR count). The third-order valence-corrected chi connectivity index (χ3v) is 5.38. The molecular weight excluding hydrogens is 314 g/mol. The standard InChI is InChI=1S/C16H19N3O5/c1-9(15-5-10-2-3-11(15)4-10)17-16(20)12-6-13(18(21)22)8-14(7-12)19(23)24/h6-11,15H,2-5H2,1H3,(H,17,20)/t9-,10+,11+,15+/m1/s1. The summed E-state index contributed by atoms with van der Waals surface area (Å²) in [4.78, 5) is 32.8. The quantitative estimate of drug-likeness (QED) is 0.656. The van der Waals surface area contributed by atoms with Crippen LogP contribution in [0.3, 0.4) is 0 Å². The maximum Gasteiger partial charge on any atom is 0.277 e. The van der Waals surface area contributed by atoms with Gasteiger partial charge in [-0.2, -0.15) is 0 Å². The van der Waals surface area contributed by atoms with Crippen LogP contribution < -0.4 is 5.32 Å². The van der Waals surface area contributed by atoms with Crippen molar-refractivity contribution < 1.29 is 14.6 Å². The third-order valence-electron chi connectivity index (χ3n) is 5.38. The molecular formula is C16H19N3O5. The van der Waals surface area contributed by atoms with Crippen molar-refractivity contribution in [3.63, 3.8) is 0 Å². The molecule has 2 bridgehead atoms. The largest absolute Gasteiger partial charge is 0.349 e. The van der Waals surface area contributed by atoms with E-state index in [9.17, 15) is 25.0 Å². The number of amides is 1. The van der Waals surface area contributed by atoms with Crippen LogP contribution in [-0.2, 0) is 0 Å². The smallest absolute Gasteiger partial charge is 0.277 e. The fourth-order valence-corrected chi connectivity index (χ4v) is 4.24. The predicted octanol–water partition coefficient (Wildman–Crippen LogP) is 3.06. The molecule has 2 aliphatic rings. The summed E-state index contributed by atoms with van der Waals surface area (Å²) in [5.74, 6) is 1.29. The van der Waals surface area contributed by atoms with E-state index in [1.54, 1.807) is 0 Å². The summed E-state index contributed by atoms with van der Waals surface area (Å²) in [5, 5.41) is 24.7. The van der Waals surface area contributed by atoms with Crippen molar-refractivity contribution in [3.05, 3.63) is 44.0 Å². The second-order valence-electron chi connectivity index (χ2n) is 6.85. The van der Waals surface area contributed by atoms with Gasteiger partial charge >= 0.3 is 0 Å². The minimum atomic E-state index is -0.733. The minimum absolute atomic E-state index is 0.0499. The van der Waals surface area contributed by atoms with Crippen LogP contribution in [0.4, 0.5) is 11.4 Å². The van der Waals surface area contributed by atoms with Crippen molar-refractivity contribution in [2.75, 3.05) is 0 Å². The number of carbonyl (C=O) groups excluding carboxylic acids is 1. The molecule has 2 saturated carbocycles. The lowest BCUT2D eigenvalue weighted by atomic mass is 9.84. The van der Waals surface area contributed by atoms with Gasteiger partial charge in [-0.25, -0.2) is 0 Å². The Hall–Kier alpha value is -2.51. The lowest BCUT2D eigenvalue weighted by Gasteiger charge is -2.28. The number of benzene rings is 1. The van der Waals surface area contributed by atoms with E-state index in [-0.39, 0.29) is 11.6 Å². The molecule has 4 atom stereocenters. The second-order valence-corrected chi connectivity index (χ2v) is 6.85. The van der Waals surface area contributed by atoms with Gasteiger partial charge in [0.2, 0.25) is 0 Å². The molecule has 1 aromatic rings. The lowest BCUT2D eigenvalue weighted by Crippen LogP contribution is -2.40. The SMILES string of the molecule is C[C@@H](NC(=O)c1cc([N+](=O)[O-])cc([N+](=O)[O-])c1)[C@@H]1C[C@H]2CC[C@H]1C2. The monoisotopic (exact) mass is 333 g/mol. The molecule has 1 N–H and O–H groups in total. The van der Waals surface area contributed by atoms with Gasteiger partial charge in [-0.15, -0.1) is 0 Å². The van der Waals surface area contributed by atoms with Crippen LogP contribution in [0.15, 0.2) is 18.2 Å². The van der Waals surface area contributed by atoms with Gasteiger partial charge in [0, 0.05) is 18.2 Å². The van der Waals surface area contributed by atoms with E-state index in [1.807, 2.05) is 6.92 Å². The number of hydrogen-bond donors (Lipinski definition) is 1. The highest BCUT2D eigenvalue weighted by molar-refractivity contribution is 5.95. The first kappa shape index (κ1) is 16.4. The molecule has 8 heteroatoms. The van der Waals surface area contributed by atoms with Gasteiger partial charge in [0.15, 0.2) is 0 Å². The first-order valence-corrected chi connectivity index (χ1v) is 8.10. The first-order valence-electron chi connectivity index (χ1n) is 8.10. The van der Waals surface area contributed by atoms with Crippen LogP contribution in [0.1, 0.15) is 43.0 Å². The zero-order valence-electron chi connectivity index (χ0n) is 13.3. The molecule has 24 heavy (non-hydrogen) atoms. The molecule has 1 amide bonds. The zero-order valence-corrected chi connectivity index (χ0v) is 13.3. The van der Waals surface area contributed by atoms with Gasteiger partial charge in [-0.1, -0.05) is 6.42 Å². The average Bonchev–Trinajstić information content (AvgIpc) is 3.17. The fourth-order valence-electron chi connectivity index (χ4n) is 4.24. The Labute approximate surface area is 138 Å². The number of nitrogens with zero attached hydrogens (tertiary/aromatic N) is 2. The van der Waals surface area contributed by atoms with Gasteiger partial charge in [-0.05, 0) is 43.9 Å². The van der Waals surface area contributed by atoms with E-state index in [0.717, 1.165) is 30.5 Å². The number of non-ortho nitro benzene ring substituents is 2. The molecule has 2 fully saturated rings. The van der Waals surface area contributed by atoms with E-state index in [1.165, 1.54) is 19.3 Å². The van der Waals surface area contributed by atoms with Crippen molar-refractivity contribution in [1.29, 1.82) is 0 Å². The number of fused-ring (bicyclic) bond motifs is 2. The summed E-state index contributed by atoms with van der Waals surface area (Å²) in [7, 11) is 0. The van der Waals surface area contributed by atoms with Crippen LogP contribution >= 0.6 is 0 Å². The van der Waals surface area contributed by atoms with Gasteiger partial charge in [0.25, 0.3) is 17.3 Å². The third kappa shape index (κ3) is 3.08. The van der Waals surface area contributed by atoms with Crippen LogP contribution in [0.5, 0.6) is 0 Å². The molecule has 8 nitrogen and oxygen atoms in total. The highest BCUT2D eigenvalue weighted by Crippen LogP contribution is 2.49. The Morgan fingerprint density at radius 2 is 1.75 bits per heavy atom. The summed E-state index contributed by atoms with van der Waals surface area (Å²) in [6.07, 6.45) is 4.77. The van der Waals surface area contributed by atoms with E-state index >= 15 is 0 Å². The molecule has 0 aliphatic heterocycles. The molecule has 1 aromatic carbocycles. The molecule has 2 aliphatic carbocycles. The van der Waals surface area contributed by atoms with Crippen molar-refractivity contribution in [1.82, 2.24) is 5.32 Å². The highest BCUT2D eigenvalue weighted by atomic mass is 16.6. The Morgan fingerprint density at radius 1 is 1.12 bits per heavy atom. The average molecular weight is 333 g/mol. The second kappa shape index (κ2) is 6.18. The number of nitro groups is 2. The number of nitrogens with one attached hydrogen (secondary N) is 1. The normalized spacial score (nSPS) is 26.1. The van der Waals surface area contributed by atoms with Crippen molar-refractivity contribution >= 4 is 17.3 Å². The number of nitro benzene ring substituents is 2. The van der Waals surface area contributed by atoms with Gasteiger partial charge in [0.1, 0.15) is 0 Å². The maximum atomic E-state index is 12.4. The molecule has 0 saturated heterocycles. The summed E-state index contributed by atoms with van der Waals surface area (Å²) >= 11 is 0. The van der Waals surface area contributed by atoms with Gasteiger partial charge < -0.3 is 5.32 Å². The van der Waals surface area contributed by atoms with E-state index < -0.39 is 27.1 Å². The summed E-state index contributed by atoms with van der Waals surface area (Å²) in [6, 6.07) is 2.97. The molecule has 0 spiro atoms. The Bertz CT molecular complexity index is 673. The molecule has 0 radical (unpaired) electrons. The topological polar surface area (TPSA) is 115 Å². The fraction of sp³-hybridized carbons (Fsp3) is 0.562. The Kier molecular flexibility index (Phi) is 4.21. The van der Waals surface area contributed by atoms with E-state index in [4.69, 9.17) is 0 Å². The highest BCUT2D eigenvalue weighted by Gasteiger charge is 2.42. The minimum Gasteiger partial charge on any atom is -0.349 e. The van der Waals surface area contributed by atoms with Crippen molar-refractivity contribution in [2.24, 2.45) is 17.8 Å². The predicted molar refractivity (Wildman–Crippen MR) is 85.6 cm³/mol. The van der Waals surface area contributed by atoms with Gasteiger partial charge in [0.05, 0.1) is 21.5 Å². The summed E-state index contributed by atoms with van der Waals surface area (Å²) in [5.41, 5.74) is -0.963. The first-order chi connectivity index (χ1) is 11.3. The van der Waals surface area contributed by atoms with Crippen LogP contribution in [-0.4, -0.2) is 21.8 Å². The molecule has 0 aromatic heterocycles. The Balaban J connectivity index is 1.76. The van der Waals surface area contributed by atoms with Crippen molar-refractivity contribution in [3.8, 4) is 0 Å². The Morgan fingerprint density at radius 3 is 2.21 bits per heavy atom. The summed E-state index contributed by atoms with van der Waals surface area (Å²) < 4.78 is 0. The van der Waals surface area contributed by atoms with Crippen LogP contribution in [0.25, 0.3) is 0 Å². The van der Waals surface area contributed by atoms with Gasteiger partial charge in [-0.3, -0.25) is 25.0 Å². The lowest BCUT2D eigenvalue weighted by molar-refractivity contribution is -0.394. The molecule has 128 valence electrons. The van der Waals surface area contributed by atoms with E-state index in [2.05, 4.69) is 5.32 Å². The van der Waals surface area contributed by atoms with Crippen molar-refractivity contribution in [2.45, 2.75) is 38.6 Å². The zero-order chi connectivity index (χ0) is 17.4. The molecule has 0 heterocycles.